The van der Waals surface area contributed by atoms with Crippen LogP contribution in [-0.4, -0.2) is 49.7 Å². The van der Waals surface area contributed by atoms with Crippen LogP contribution in [-0.2, 0) is 16.2 Å². The summed E-state index contributed by atoms with van der Waals surface area (Å²) in [5, 5.41) is 15.0. The Hall–Kier alpha value is -1.45. The lowest BCUT2D eigenvalue weighted by Gasteiger charge is -2.15. The minimum absolute atomic E-state index is 0.00848. The molecule has 0 saturated carbocycles. The molecule has 0 N–H and O–H groups in total. The van der Waals surface area contributed by atoms with Gasteiger partial charge in [0.1, 0.15) is 19.5 Å². The maximum atomic E-state index is 10.9. The molecule has 1 aromatic heterocycles. The monoisotopic (exact) mass is 317 g/mol. The Kier molecular flexibility index (Phi) is 6.79. The van der Waals surface area contributed by atoms with Crippen molar-refractivity contribution in [2.75, 3.05) is 26.9 Å². The zero-order chi connectivity index (χ0) is 15.9. The van der Waals surface area contributed by atoms with E-state index in [0.717, 1.165) is 6.04 Å². The molecule has 0 aliphatic rings. The van der Waals surface area contributed by atoms with Gasteiger partial charge in [-0.2, -0.15) is 0 Å². The molecule has 0 fully saturated rings. The maximum absolute atomic E-state index is 10.9. The third-order valence-corrected chi connectivity index (χ3v) is 4.36. The summed E-state index contributed by atoms with van der Waals surface area (Å²) in [6.45, 7) is 8.15. The van der Waals surface area contributed by atoms with Gasteiger partial charge < -0.3 is 14.2 Å². The highest BCUT2D eigenvalue weighted by Crippen LogP contribution is 2.24. The third kappa shape index (κ3) is 6.69. The normalized spacial score (nSPS) is 11.6. The van der Waals surface area contributed by atoms with Gasteiger partial charge in [0, 0.05) is 21.8 Å². The minimum atomic E-state index is -1.14. The average molecular weight is 317 g/mol. The van der Waals surface area contributed by atoms with Gasteiger partial charge in [0.2, 0.25) is 0 Å². The molecule has 1 aromatic rings. The molecule has 0 aliphatic carbocycles. The lowest BCUT2D eigenvalue weighted by molar-refractivity contribution is -0.386. The van der Waals surface area contributed by atoms with E-state index in [-0.39, 0.29) is 24.9 Å². The Morgan fingerprint density at radius 2 is 2.05 bits per heavy atom. The van der Waals surface area contributed by atoms with Crippen molar-refractivity contribution in [3.8, 4) is 5.88 Å². The first-order valence-corrected chi connectivity index (χ1v) is 10.5. The van der Waals surface area contributed by atoms with E-state index in [1.165, 1.54) is 18.0 Å². The van der Waals surface area contributed by atoms with Crippen molar-refractivity contribution in [2.45, 2.75) is 32.4 Å². The van der Waals surface area contributed by atoms with Crippen molar-refractivity contribution in [3.05, 3.63) is 16.3 Å². The molecule has 0 saturated heterocycles. The van der Waals surface area contributed by atoms with E-state index in [1.54, 1.807) is 0 Å². The molecular formula is C12H23N3O5Si. The lowest BCUT2D eigenvalue weighted by atomic mass is 10.5. The van der Waals surface area contributed by atoms with Crippen LogP contribution in [0.1, 0.15) is 0 Å². The van der Waals surface area contributed by atoms with Gasteiger partial charge >= 0.3 is 11.6 Å². The Morgan fingerprint density at radius 3 is 2.62 bits per heavy atom. The third-order valence-electron chi connectivity index (χ3n) is 2.65. The van der Waals surface area contributed by atoms with E-state index >= 15 is 0 Å². The Bertz CT molecular complexity index is 458. The minimum Gasteiger partial charge on any atom is -0.469 e. The topological polar surface area (TPSA) is 88.7 Å². The summed E-state index contributed by atoms with van der Waals surface area (Å²) in [4.78, 5) is 10.4. The van der Waals surface area contributed by atoms with E-state index in [9.17, 15) is 10.1 Å². The number of nitrogens with zero attached hydrogens (tertiary/aromatic N) is 3. The van der Waals surface area contributed by atoms with Gasteiger partial charge in [0.25, 0.3) is 0 Å². The fraction of sp³-hybridized carbons (Fsp3) is 0.750. The van der Waals surface area contributed by atoms with Crippen molar-refractivity contribution in [1.82, 2.24) is 9.78 Å². The maximum Gasteiger partial charge on any atom is 0.350 e. The van der Waals surface area contributed by atoms with E-state index in [0.29, 0.717) is 13.2 Å². The van der Waals surface area contributed by atoms with Crippen LogP contribution < -0.4 is 4.74 Å². The number of hydrogen-bond acceptors (Lipinski definition) is 6. The fourth-order valence-corrected chi connectivity index (χ4v) is 2.20. The number of rotatable bonds is 10. The van der Waals surface area contributed by atoms with E-state index in [4.69, 9.17) is 14.2 Å². The van der Waals surface area contributed by atoms with E-state index in [2.05, 4.69) is 24.7 Å². The molecule has 0 spiro atoms. The van der Waals surface area contributed by atoms with Gasteiger partial charge in [0.15, 0.2) is 0 Å². The number of ether oxygens (including phenoxy) is 3. The zero-order valence-electron chi connectivity index (χ0n) is 13.0. The molecule has 0 bridgehead atoms. The molecular weight excluding hydrogens is 294 g/mol. The zero-order valence-corrected chi connectivity index (χ0v) is 14.0. The van der Waals surface area contributed by atoms with Crippen molar-refractivity contribution >= 4 is 13.8 Å². The summed E-state index contributed by atoms with van der Waals surface area (Å²) < 4.78 is 16.9. The molecule has 9 heteroatoms. The average Bonchev–Trinajstić information content (AvgIpc) is 2.77. The molecule has 0 atom stereocenters. The van der Waals surface area contributed by atoms with Gasteiger partial charge in [-0.15, -0.1) is 5.10 Å². The Morgan fingerprint density at radius 1 is 1.33 bits per heavy atom. The summed E-state index contributed by atoms with van der Waals surface area (Å²) in [6.07, 6.45) is 1.32. The van der Waals surface area contributed by atoms with Crippen molar-refractivity contribution in [1.29, 1.82) is 0 Å². The molecule has 1 heterocycles. The molecule has 120 valence electrons. The molecule has 1 rings (SSSR count). The second kappa shape index (κ2) is 8.10. The van der Waals surface area contributed by atoms with Crippen molar-refractivity contribution < 1.29 is 19.1 Å². The summed E-state index contributed by atoms with van der Waals surface area (Å²) in [6, 6.07) is 1.04. The van der Waals surface area contributed by atoms with Crippen LogP contribution in [0.4, 0.5) is 5.69 Å². The molecule has 0 aliphatic heterocycles. The van der Waals surface area contributed by atoms with Crippen molar-refractivity contribution in [2.24, 2.45) is 0 Å². The quantitative estimate of drug-likeness (QED) is 0.284. The predicted octanol–water partition coefficient (Wildman–Crippen LogP) is 2.13. The van der Waals surface area contributed by atoms with Gasteiger partial charge in [-0.25, -0.2) is 4.68 Å². The van der Waals surface area contributed by atoms with Crippen LogP contribution in [0.15, 0.2) is 6.20 Å². The number of hydrogen-bond donors (Lipinski definition) is 0. The summed E-state index contributed by atoms with van der Waals surface area (Å²) in [5.41, 5.74) is -0.167. The highest BCUT2D eigenvalue weighted by molar-refractivity contribution is 6.76. The first kappa shape index (κ1) is 17.6. The molecule has 0 unspecified atom stereocenters. The van der Waals surface area contributed by atoms with Gasteiger partial charge in [-0.05, 0) is 6.04 Å². The molecule has 0 aromatic carbocycles. The largest absolute Gasteiger partial charge is 0.469 e. The highest BCUT2D eigenvalue weighted by Gasteiger charge is 2.21. The predicted molar refractivity (Wildman–Crippen MR) is 80.4 cm³/mol. The van der Waals surface area contributed by atoms with Crippen LogP contribution in [0.25, 0.3) is 0 Å². The summed E-state index contributed by atoms with van der Waals surface area (Å²) >= 11 is 0. The second-order valence-electron chi connectivity index (χ2n) is 5.81. The number of aromatic nitrogens is 2. The molecule has 21 heavy (non-hydrogen) atoms. The van der Waals surface area contributed by atoms with E-state index in [1.807, 2.05) is 0 Å². The van der Waals surface area contributed by atoms with Crippen molar-refractivity contribution in [3.63, 3.8) is 0 Å². The second-order valence-corrected chi connectivity index (χ2v) is 11.4. The molecule has 0 radical (unpaired) electrons. The smallest absolute Gasteiger partial charge is 0.350 e. The van der Waals surface area contributed by atoms with Gasteiger partial charge in [-0.1, -0.05) is 19.6 Å². The van der Waals surface area contributed by atoms with Crippen LogP contribution >= 0.6 is 0 Å². The van der Waals surface area contributed by atoms with Crippen LogP contribution in [0, 0.1) is 10.1 Å². The SMILES string of the molecule is COCCOc1nn(COCC[Si](C)(C)C)cc1[N+](=O)[O-]. The number of nitro groups is 1. The standard InChI is InChI=1S/C12H23N3O5Si/c1-18-5-6-20-12-11(15(16)17)9-14(13-12)10-19-7-8-21(2,3)4/h9H,5-8,10H2,1-4H3. The first-order valence-electron chi connectivity index (χ1n) is 6.75. The lowest BCUT2D eigenvalue weighted by Crippen LogP contribution is -2.22. The Balaban J connectivity index is 2.54. The summed E-state index contributed by atoms with van der Waals surface area (Å²) in [5.74, 6) is -0.00848. The fourth-order valence-electron chi connectivity index (χ4n) is 1.45. The molecule has 8 nitrogen and oxygen atoms in total. The first-order chi connectivity index (χ1) is 9.83. The van der Waals surface area contributed by atoms with Gasteiger partial charge in [0.05, 0.1) is 11.5 Å². The van der Waals surface area contributed by atoms with E-state index < -0.39 is 13.0 Å². The van der Waals surface area contributed by atoms with Gasteiger partial charge in [-0.3, -0.25) is 10.1 Å². The molecule has 0 amide bonds. The Labute approximate surface area is 125 Å². The number of methoxy groups -OCH3 is 1. The van der Waals surface area contributed by atoms with Crippen LogP contribution in [0.5, 0.6) is 5.88 Å². The van der Waals surface area contributed by atoms with Crippen LogP contribution in [0.3, 0.4) is 0 Å². The summed E-state index contributed by atoms with van der Waals surface area (Å²) in [7, 11) is 0.388. The highest BCUT2D eigenvalue weighted by atomic mass is 28.3. The van der Waals surface area contributed by atoms with Crippen LogP contribution in [0.2, 0.25) is 25.7 Å².